The fraction of sp³-hybridized carbons (Fsp3) is 0.395. The topological polar surface area (TPSA) is 232 Å². The highest BCUT2D eigenvalue weighted by Gasteiger charge is 2.33. The summed E-state index contributed by atoms with van der Waals surface area (Å²) in [5.74, 6) is -3.69. The van der Waals surface area contributed by atoms with Gasteiger partial charge in [-0.1, -0.05) is 80.0 Å². The molecule has 52 heavy (non-hydrogen) atoms. The minimum absolute atomic E-state index is 0.000547. The van der Waals surface area contributed by atoms with Crippen molar-refractivity contribution in [2.75, 3.05) is 6.54 Å². The second kappa shape index (κ2) is 20.8. The number of nitrogens with one attached hydrogen (secondary N) is 4. The number of nitrogens with two attached hydrogens (primary N) is 3. The third kappa shape index (κ3) is 13.6. The van der Waals surface area contributed by atoms with Gasteiger partial charge >= 0.3 is 0 Å². The third-order valence-corrected chi connectivity index (χ3v) is 8.74. The van der Waals surface area contributed by atoms with Gasteiger partial charge < -0.3 is 43.6 Å². The number of hydrogen-bond donors (Lipinski definition) is 8. The second-order valence-electron chi connectivity index (χ2n) is 13.1. The number of halogens is 1. The number of rotatable bonds is 20. The molecule has 5 atom stereocenters. The first-order valence-corrected chi connectivity index (χ1v) is 17.7. The monoisotopic (exact) mass is 735 g/mol. The lowest BCUT2D eigenvalue weighted by atomic mass is 9.99. The van der Waals surface area contributed by atoms with E-state index in [0.29, 0.717) is 35.5 Å². The molecule has 0 fully saturated rings. The molecule has 13 nitrogen and oxygen atoms in total. The minimum atomic E-state index is -1.19. The molecule has 0 aliphatic heterocycles. The molecule has 3 aromatic rings. The molecule has 0 saturated carbocycles. The van der Waals surface area contributed by atoms with Crippen molar-refractivity contribution in [3.05, 3.63) is 101 Å². The van der Waals surface area contributed by atoms with Crippen molar-refractivity contribution in [3.63, 3.8) is 0 Å². The highest BCUT2D eigenvalue weighted by molar-refractivity contribution is 6.30. The summed E-state index contributed by atoms with van der Waals surface area (Å²) in [5, 5.41) is 21.2. The predicted octanol–water partition coefficient (Wildman–Crippen LogP) is 1.61. The van der Waals surface area contributed by atoms with Crippen LogP contribution in [0.4, 0.5) is 0 Å². The normalized spacial score (nSPS) is 14.0. The smallest absolute Gasteiger partial charge is 0.243 e. The number of carbonyl (C=O) groups excluding carboxylic acids is 5. The number of amides is 5. The van der Waals surface area contributed by atoms with E-state index in [-0.39, 0.29) is 31.4 Å². The van der Waals surface area contributed by atoms with Crippen molar-refractivity contribution in [1.82, 2.24) is 21.3 Å². The van der Waals surface area contributed by atoms with Crippen LogP contribution in [-0.4, -0.2) is 71.4 Å². The second-order valence-corrected chi connectivity index (χ2v) is 13.5. The van der Waals surface area contributed by atoms with Crippen LogP contribution in [0.15, 0.2) is 78.9 Å². The highest BCUT2D eigenvalue weighted by Crippen LogP contribution is 2.15. The van der Waals surface area contributed by atoms with Gasteiger partial charge in [0.1, 0.15) is 29.9 Å². The average Bonchev–Trinajstić information content (AvgIpc) is 3.11. The maximum absolute atomic E-state index is 13.9. The Bertz CT molecular complexity index is 1620. The molecule has 0 aromatic heterocycles. The van der Waals surface area contributed by atoms with Gasteiger partial charge in [-0.2, -0.15) is 0 Å². The molecule has 0 heterocycles. The van der Waals surface area contributed by atoms with E-state index >= 15 is 0 Å². The lowest BCUT2D eigenvalue weighted by Gasteiger charge is -2.28. The van der Waals surface area contributed by atoms with Gasteiger partial charge in [0, 0.05) is 17.9 Å². The Hall–Kier alpha value is -4.98. The average molecular weight is 736 g/mol. The number of unbranched alkanes of at least 4 members (excludes halogenated alkanes) is 1. The summed E-state index contributed by atoms with van der Waals surface area (Å²) in [7, 11) is 0. The van der Waals surface area contributed by atoms with Crippen LogP contribution >= 0.6 is 11.6 Å². The summed E-state index contributed by atoms with van der Waals surface area (Å²) < 4.78 is 0. The molecular weight excluding hydrogens is 686 g/mol. The largest absolute Gasteiger partial charge is 0.508 e. The molecule has 5 amide bonds. The van der Waals surface area contributed by atoms with E-state index in [9.17, 15) is 29.1 Å². The molecule has 0 radical (unpaired) electrons. The maximum atomic E-state index is 13.9. The zero-order chi connectivity index (χ0) is 38.2. The molecule has 0 unspecified atom stereocenters. The molecule has 0 saturated heterocycles. The molecule has 0 bridgehead atoms. The van der Waals surface area contributed by atoms with Crippen molar-refractivity contribution in [1.29, 1.82) is 0 Å². The van der Waals surface area contributed by atoms with Crippen LogP contribution in [0.1, 0.15) is 49.8 Å². The van der Waals surface area contributed by atoms with Crippen LogP contribution in [0.2, 0.25) is 5.02 Å². The van der Waals surface area contributed by atoms with Crippen LogP contribution < -0.4 is 38.5 Å². The molecule has 14 heteroatoms. The SMILES string of the molecule is CC(C)[C@H](NC(=O)[C@H](Cc1ccc(Cl)cc1)NC(=O)[C@@H](N)Cc1ccccc1)C(=O)N[C@@H](Cc1ccc(O)cc1)C(=O)N[C@@H](CCCCN)C(N)=O. The summed E-state index contributed by atoms with van der Waals surface area (Å²) in [6.45, 7) is 3.86. The number of primary amides is 1. The van der Waals surface area contributed by atoms with Gasteiger partial charge in [0.2, 0.25) is 29.5 Å². The summed E-state index contributed by atoms with van der Waals surface area (Å²) >= 11 is 6.07. The number of phenols is 1. The van der Waals surface area contributed by atoms with Gasteiger partial charge in [-0.15, -0.1) is 0 Å². The van der Waals surface area contributed by atoms with Crippen molar-refractivity contribution in [3.8, 4) is 5.75 Å². The molecule has 0 aliphatic rings. The van der Waals surface area contributed by atoms with Gasteiger partial charge in [0.05, 0.1) is 6.04 Å². The van der Waals surface area contributed by atoms with Crippen molar-refractivity contribution in [2.45, 2.75) is 82.6 Å². The zero-order valence-corrected chi connectivity index (χ0v) is 30.3. The fourth-order valence-electron chi connectivity index (χ4n) is 5.48. The molecule has 3 aromatic carbocycles. The predicted molar refractivity (Wildman–Crippen MR) is 200 cm³/mol. The lowest BCUT2D eigenvalue weighted by Crippen LogP contribution is -2.60. The summed E-state index contributed by atoms with van der Waals surface area (Å²) in [5.41, 5.74) is 19.6. The number of aromatic hydroxyl groups is 1. The first-order chi connectivity index (χ1) is 24.8. The van der Waals surface area contributed by atoms with Crippen LogP contribution in [0.5, 0.6) is 5.75 Å². The Morgan fingerprint density at radius 1 is 0.654 bits per heavy atom. The van der Waals surface area contributed by atoms with E-state index in [1.807, 2.05) is 30.3 Å². The number of benzene rings is 3. The van der Waals surface area contributed by atoms with Gasteiger partial charge in [-0.05, 0) is 79.1 Å². The Morgan fingerprint density at radius 2 is 1.15 bits per heavy atom. The molecule has 0 spiro atoms. The van der Waals surface area contributed by atoms with E-state index in [2.05, 4.69) is 21.3 Å². The van der Waals surface area contributed by atoms with E-state index in [0.717, 1.165) is 5.56 Å². The maximum Gasteiger partial charge on any atom is 0.243 e. The van der Waals surface area contributed by atoms with E-state index in [4.69, 9.17) is 28.8 Å². The Labute approximate surface area is 309 Å². The van der Waals surface area contributed by atoms with Crippen LogP contribution in [-0.2, 0) is 43.2 Å². The number of phenolic OH excluding ortho intramolecular Hbond substituents is 1. The number of hydrogen-bond acceptors (Lipinski definition) is 8. The van der Waals surface area contributed by atoms with Crippen molar-refractivity contribution < 1.29 is 29.1 Å². The van der Waals surface area contributed by atoms with Crippen LogP contribution in [0.3, 0.4) is 0 Å². The molecule has 280 valence electrons. The van der Waals surface area contributed by atoms with Gasteiger partial charge in [0.25, 0.3) is 0 Å². The Morgan fingerprint density at radius 3 is 1.69 bits per heavy atom. The van der Waals surface area contributed by atoms with Gasteiger partial charge in [-0.3, -0.25) is 24.0 Å². The van der Waals surface area contributed by atoms with Crippen LogP contribution in [0.25, 0.3) is 0 Å². The van der Waals surface area contributed by atoms with Crippen LogP contribution in [0, 0.1) is 5.92 Å². The van der Waals surface area contributed by atoms with E-state index < -0.39 is 65.7 Å². The quantitative estimate of drug-likeness (QED) is 0.0793. The first-order valence-electron chi connectivity index (χ1n) is 17.3. The Kier molecular flexibility index (Phi) is 16.5. The van der Waals surface area contributed by atoms with E-state index in [1.165, 1.54) is 12.1 Å². The summed E-state index contributed by atoms with van der Waals surface area (Å²) in [4.78, 5) is 66.8. The third-order valence-electron chi connectivity index (χ3n) is 8.48. The summed E-state index contributed by atoms with van der Waals surface area (Å²) in [6.07, 6.45) is 1.75. The standard InChI is InChI=1S/C38H50ClN7O6/c1-23(2)33(38(52)45-31(22-26-13-17-28(47)18-14-26)36(50)43-30(34(42)48)10-6-7-19-40)46-37(51)32(21-25-11-15-27(39)16-12-25)44-35(49)29(41)20-24-8-4-3-5-9-24/h3-5,8-9,11-18,23,29-33,47H,6-7,10,19-22,40-41H2,1-2H3,(H2,42,48)(H,43,50)(H,44,49)(H,45,52)(H,46,51)/t29-,30-,31-,32-,33-/m0/s1. The summed E-state index contributed by atoms with van der Waals surface area (Å²) in [6, 6.07) is 16.7. The zero-order valence-electron chi connectivity index (χ0n) is 29.5. The number of carbonyl (C=O) groups is 5. The lowest BCUT2D eigenvalue weighted by molar-refractivity contribution is -0.135. The molecule has 11 N–H and O–H groups in total. The molecule has 0 aliphatic carbocycles. The molecular formula is C38H50ClN7O6. The first kappa shape index (κ1) is 41.4. The highest BCUT2D eigenvalue weighted by atomic mass is 35.5. The molecule has 3 rings (SSSR count). The minimum Gasteiger partial charge on any atom is -0.508 e. The van der Waals surface area contributed by atoms with Gasteiger partial charge in [-0.25, -0.2) is 0 Å². The van der Waals surface area contributed by atoms with Gasteiger partial charge in [0.15, 0.2) is 0 Å². The fourth-order valence-corrected chi connectivity index (χ4v) is 5.61. The van der Waals surface area contributed by atoms with E-state index in [1.54, 1.807) is 50.2 Å². The van der Waals surface area contributed by atoms with Crippen molar-refractivity contribution >= 4 is 41.1 Å². The van der Waals surface area contributed by atoms with Crippen molar-refractivity contribution in [2.24, 2.45) is 23.1 Å². The Balaban J connectivity index is 1.83.